The molecule has 0 rings (SSSR count). The minimum Gasteiger partial charge on any atom is -0.496 e. The topological polar surface area (TPSA) is 40.5 Å². The Kier molecular flexibility index (Phi) is 20.0. The zero-order chi connectivity index (χ0) is 2.71. The fourth-order valence-electron chi connectivity index (χ4n) is 0. The summed E-state index contributed by atoms with van der Waals surface area (Å²) in [6.45, 7) is 0. The second-order valence-corrected chi connectivity index (χ2v) is 0.424. The summed E-state index contributed by atoms with van der Waals surface area (Å²) < 4.78 is 14.5. The fraction of sp³-hybridized carbons (Fsp3) is 0. The molecule has 0 amide bonds. The second kappa shape index (κ2) is 8.82. The van der Waals surface area contributed by atoms with Gasteiger partial charge in [0.05, 0.1) is 0 Å². The molecule has 0 aliphatic carbocycles. The zero-order valence-corrected chi connectivity index (χ0v) is 3.02. The maximum atomic E-state index is 7.26. The van der Waals surface area contributed by atoms with Crippen molar-refractivity contribution in [1.29, 1.82) is 0 Å². The molecule has 4 heteroatoms. The van der Waals surface area contributed by atoms with E-state index < -0.39 is 15.9 Å². The molecule has 4 heavy (non-hydrogen) atoms. The van der Waals surface area contributed by atoms with E-state index in [0.29, 0.717) is 0 Å². The van der Waals surface area contributed by atoms with Crippen LogP contribution in [0.5, 0.6) is 0 Å². The predicted molar refractivity (Wildman–Crippen MR) is 18.7 cm³/mol. The molecule has 0 unspecified atom stereocenters. The first kappa shape index (κ1) is 9.07. The zero-order valence-electron chi connectivity index (χ0n) is 1.60. The molecule has 0 aromatic rings. The van der Waals surface area contributed by atoms with Gasteiger partial charge in [0.25, 0.3) is 0 Å². The van der Waals surface area contributed by atoms with Gasteiger partial charge in [0, 0.05) is 0 Å². The van der Waals surface area contributed by atoms with Crippen LogP contribution in [0.4, 0.5) is 0 Å². The largest absolute Gasteiger partial charge is 0.644 e. The molecule has 0 radical (unpaired) electrons. The molecule has 0 aromatic carbocycles. The van der Waals surface area contributed by atoms with Gasteiger partial charge >= 0.3 is 45.4 Å². The SMILES string of the molecule is [NaH].[OH][AlH][OH]. The van der Waals surface area contributed by atoms with Crippen molar-refractivity contribution in [3.63, 3.8) is 0 Å². The molecule has 20 valence electrons. The molecule has 0 fully saturated rings. The summed E-state index contributed by atoms with van der Waals surface area (Å²) in [6, 6.07) is 0. The van der Waals surface area contributed by atoms with Gasteiger partial charge in [-0.1, -0.05) is 0 Å². The van der Waals surface area contributed by atoms with Crippen LogP contribution in [-0.2, 0) is 0 Å². The molecule has 0 bridgehead atoms. The van der Waals surface area contributed by atoms with Crippen LogP contribution in [-0.4, -0.2) is 53.8 Å². The summed E-state index contributed by atoms with van der Waals surface area (Å²) in [6.07, 6.45) is 0. The molecule has 0 spiro atoms. The first-order valence-electron chi connectivity index (χ1n) is 0.632. The van der Waals surface area contributed by atoms with E-state index in [0.717, 1.165) is 0 Å². The van der Waals surface area contributed by atoms with Crippen LogP contribution in [0.1, 0.15) is 0 Å². The Morgan fingerprint density at radius 3 is 1.25 bits per heavy atom. The van der Waals surface area contributed by atoms with E-state index in [4.69, 9.17) is 8.32 Å². The summed E-state index contributed by atoms with van der Waals surface area (Å²) in [5.41, 5.74) is 0. The molecule has 0 aliphatic rings. The van der Waals surface area contributed by atoms with E-state index in [1.165, 1.54) is 0 Å². The molecule has 0 heterocycles. The maximum Gasteiger partial charge on any atom is 0.644 e. The molecule has 0 aliphatic heterocycles. The van der Waals surface area contributed by atoms with Crippen molar-refractivity contribution in [2.24, 2.45) is 0 Å². The standard InChI is InChI=1S/Al.Na.2H2O.2H/h;;2*1H2;;/q+2;;;;;/p-2. The summed E-state index contributed by atoms with van der Waals surface area (Å²) >= 11 is -1.58. The van der Waals surface area contributed by atoms with Crippen LogP contribution in [0.15, 0.2) is 0 Å². The van der Waals surface area contributed by atoms with Gasteiger partial charge in [-0.2, -0.15) is 0 Å². The first-order valence-corrected chi connectivity index (χ1v) is 1.90. The van der Waals surface area contributed by atoms with Gasteiger partial charge in [-0.25, -0.2) is 0 Å². The van der Waals surface area contributed by atoms with Crippen molar-refractivity contribution in [2.45, 2.75) is 0 Å². The Morgan fingerprint density at radius 2 is 1.25 bits per heavy atom. The predicted octanol–water partition coefficient (Wildman–Crippen LogP) is -2.41. The normalized spacial score (nSPS) is 3.50. The molecule has 2 nitrogen and oxygen atoms in total. The van der Waals surface area contributed by atoms with Gasteiger partial charge in [-0.15, -0.1) is 0 Å². The van der Waals surface area contributed by atoms with Crippen LogP contribution >= 0.6 is 0 Å². The van der Waals surface area contributed by atoms with Gasteiger partial charge < -0.3 is 8.32 Å². The van der Waals surface area contributed by atoms with E-state index in [1.54, 1.807) is 0 Å². The van der Waals surface area contributed by atoms with Crippen molar-refractivity contribution in [3.05, 3.63) is 0 Å². The maximum absolute atomic E-state index is 7.26. The second-order valence-electron chi connectivity index (χ2n) is 0.141. The number of rotatable bonds is 0. The van der Waals surface area contributed by atoms with E-state index in [1.807, 2.05) is 0 Å². The smallest absolute Gasteiger partial charge is 0.496 e. The number of hydrogen-bond acceptors (Lipinski definition) is 2. The van der Waals surface area contributed by atoms with E-state index in [-0.39, 0.29) is 29.6 Å². The van der Waals surface area contributed by atoms with Gasteiger partial charge in [0.1, 0.15) is 0 Å². The van der Waals surface area contributed by atoms with Crippen LogP contribution in [0.2, 0.25) is 0 Å². The Labute approximate surface area is 53.5 Å². The van der Waals surface area contributed by atoms with Gasteiger partial charge in [-0.05, 0) is 0 Å². The van der Waals surface area contributed by atoms with Crippen molar-refractivity contribution < 1.29 is 8.32 Å². The fourth-order valence-corrected chi connectivity index (χ4v) is 0. The Hall–Kier alpha value is 1.45. The third kappa shape index (κ3) is 9.84. The summed E-state index contributed by atoms with van der Waals surface area (Å²) in [5, 5.41) is 0. The van der Waals surface area contributed by atoms with Crippen LogP contribution in [0, 0.1) is 0 Å². The van der Waals surface area contributed by atoms with Crippen molar-refractivity contribution >= 4 is 45.4 Å². The molecule has 0 saturated heterocycles. The quantitative estimate of drug-likeness (QED) is 0.322. The van der Waals surface area contributed by atoms with E-state index in [2.05, 4.69) is 0 Å². The average molecular weight is 86.0 g/mol. The number of hydrogen-bond donors (Lipinski definition) is 2. The summed E-state index contributed by atoms with van der Waals surface area (Å²) in [7, 11) is 0. The Morgan fingerprint density at radius 1 is 1.25 bits per heavy atom. The average Bonchev–Trinajstić information content (AvgIpc) is 0.918. The van der Waals surface area contributed by atoms with Crippen LogP contribution in [0.25, 0.3) is 0 Å². The van der Waals surface area contributed by atoms with Crippen molar-refractivity contribution in [3.8, 4) is 0 Å². The molecule has 2 N–H and O–H groups in total. The molecule has 0 saturated carbocycles. The van der Waals surface area contributed by atoms with E-state index in [9.17, 15) is 0 Å². The molecule has 0 atom stereocenters. The third-order valence-electron chi connectivity index (χ3n) is 0. The van der Waals surface area contributed by atoms with E-state index >= 15 is 0 Å². The minimum atomic E-state index is -1.58. The molecular formula is H4AlNaO2. The third-order valence-corrected chi connectivity index (χ3v) is 0. The van der Waals surface area contributed by atoms with Gasteiger partial charge in [0.15, 0.2) is 0 Å². The summed E-state index contributed by atoms with van der Waals surface area (Å²) in [5.74, 6) is 0. The Balaban J connectivity index is 0. The van der Waals surface area contributed by atoms with Gasteiger partial charge in [-0.3, -0.25) is 0 Å². The molecular weight excluding hydrogens is 82.0 g/mol. The Bertz CT molecular complexity index is 6.00. The van der Waals surface area contributed by atoms with Crippen LogP contribution < -0.4 is 0 Å². The monoisotopic (exact) mass is 86.0 g/mol. The van der Waals surface area contributed by atoms with Crippen LogP contribution in [0.3, 0.4) is 0 Å². The van der Waals surface area contributed by atoms with Crippen molar-refractivity contribution in [1.82, 2.24) is 0 Å². The molecule has 0 aromatic heterocycles. The summed E-state index contributed by atoms with van der Waals surface area (Å²) in [4.78, 5) is 0. The van der Waals surface area contributed by atoms with Gasteiger partial charge in [0.2, 0.25) is 0 Å². The first-order chi connectivity index (χ1) is 1.41. The minimum absolute atomic E-state index is 0. The van der Waals surface area contributed by atoms with Crippen molar-refractivity contribution in [2.75, 3.05) is 0 Å².